The summed E-state index contributed by atoms with van der Waals surface area (Å²) < 4.78 is 23.8. The zero-order valence-corrected chi connectivity index (χ0v) is 10.4. The van der Waals surface area contributed by atoms with Gasteiger partial charge in [0, 0.05) is 17.1 Å². The minimum absolute atomic E-state index is 0.301. The van der Waals surface area contributed by atoms with Crippen LogP contribution in [0.4, 0.5) is 4.39 Å². The van der Waals surface area contributed by atoms with E-state index in [1.54, 1.807) is 11.8 Å². The molecule has 94 valence electrons. The number of thioether (sulfide) groups is 1. The summed E-state index contributed by atoms with van der Waals surface area (Å²) >= 11 is 1.72. The van der Waals surface area contributed by atoms with Crippen LogP contribution in [0.15, 0.2) is 18.2 Å². The van der Waals surface area contributed by atoms with E-state index in [9.17, 15) is 9.50 Å². The number of hydrogen-bond donors (Lipinski definition) is 1. The Bertz CT molecular complexity index is 380. The number of methoxy groups -OCH3 is 1. The molecule has 1 heterocycles. The molecule has 1 aromatic rings. The predicted molar refractivity (Wildman–Crippen MR) is 65.0 cm³/mol. The van der Waals surface area contributed by atoms with Crippen LogP contribution in [0.2, 0.25) is 0 Å². The molecule has 0 radical (unpaired) electrons. The van der Waals surface area contributed by atoms with E-state index < -0.39 is 6.10 Å². The average molecular weight is 258 g/mol. The van der Waals surface area contributed by atoms with E-state index in [1.807, 2.05) is 0 Å². The molecule has 1 aromatic carbocycles. The molecule has 1 N–H and O–H groups in total. The maximum atomic E-state index is 13.2. The van der Waals surface area contributed by atoms with E-state index in [1.165, 1.54) is 25.3 Å². The van der Waals surface area contributed by atoms with Gasteiger partial charge in [-0.3, -0.25) is 0 Å². The van der Waals surface area contributed by atoms with Gasteiger partial charge in [-0.15, -0.1) is 0 Å². The molecule has 2 unspecified atom stereocenters. The van der Waals surface area contributed by atoms with Crippen molar-refractivity contribution >= 4 is 11.8 Å². The van der Waals surface area contributed by atoms with Gasteiger partial charge < -0.3 is 14.6 Å². The van der Waals surface area contributed by atoms with Gasteiger partial charge in [0.2, 0.25) is 0 Å². The summed E-state index contributed by atoms with van der Waals surface area (Å²) in [6.07, 6.45) is -1.15. The first-order valence-electron chi connectivity index (χ1n) is 5.43. The first-order valence-corrected chi connectivity index (χ1v) is 6.58. The summed E-state index contributed by atoms with van der Waals surface area (Å²) in [5.74, 6) is 1.74. The van der Waals surface area contributed by atoms with Crippen LogP contribution in [-0.2, 0) is 4.74 Å². The molecule has 0 bridgehead atoms. The lowest BCUT2D eigenvalue weighted by Crippen LogP contribution is -2.30. The second-order valence-corrected chi connectivity index (χ2v) is 4.97. The third kappa shape index (κ3) is 2.91. The zero-order chi connectivity index (χ0) is 12.3. The molecule has 0 aromatic heterocycles. The van der Waals surface area contributed by atoms with Crippen LogP contribution >= 0.6 is 11.8 Å². The van der Waals surface area contributed by atoms with Gasteiger partial charge in [0.25, 0.3) is 0 Å². The highest BCUT2D eigenvalue weighted by molar-refractivity contribution is 7.99. The second-order valence-electron chi connectivity index (χ2n) is 3.82. The van der Waals surface area contributed by atoms with Gasteiger partial charge in [0.05, 0.1) is 19.8 Å². The number of rotatable bonds is 3. The van der Waals surface area contributed by atoms with Crippen molar-refractivity contribution in [2.75, 3.05) is 25.2 Å². The maximum Gasteiger partial charge on any atom is 0.124 e. The van der Waals surface area contributed by atoms with Crippen LogP contribution in [-0.4, -0.2) is 36.4 Å². The van der Waals surface area contributed by atoms with Crippen LogP contribution in [0.5, 0.6) is 5.75 Å². The molecular weight excluding hydrogens is 243 g/mol. The molecule has 5 heteroatoms. The van der Waals surface area contributed by atoms with Crippen molar-refractivity contribution in [3.63, 3.8) is 0 Å². The minimum Gasteiger partial charge on any atom is -0.496 e. The first kappa shape index (κ1) is 12.7. The molecule has 2 rings (SSSR count). The Morgan fingerprint density at radius 3 is 3.06 bits per heavy atom. The molecule has 0 spiro atoms. The molecule has 0 amide bonds. The summed E-state index contributed by atoms with van der Waals surface area (Å²) in [5, 5.41) is 10.2. The van der Waals surface area contributed by atoms with Gasteiger partial charge in [0.1, 0.15) is 17.7 Å². The Hall–Kier alpha value is -0.780. The second kappa shape index (κ2) is 5.71. The summed E-state index contributed by atoms with van der Waals surface area (Å²) in [6, 6.07) is 4.13. The summed E-state index contributed by atoms with van der Waals surface area (Å²) in [4.78, 5) is 0. The number of aliphatic hydroxyl groups excluding tert-OH is 1. The first-order chi connectivity index (χ1) is 8.22. The van der Waals surface area contributed by atoms with Crippen LogP contribution in [0, 0.1) is 5.82 Å². The van der Waals surface area contributed by atoms with Crippen molar-refractivity contribution in [2.45, 2.75) is 12.2 Å². The van der Waals surface area contributed by atoms with Crippen molar-refractivity contribution in [1.82, 2.24) is 0 Å². The molecule has 1 fully saturated rings. The van der Waals surface area contributed by atoms with Crippen LogP contribution in [0.3, 0.4) is 0 Å². The van der Waals surface area contributed by atoms with Crippen molar-refractivity contribution in [2.24, 2.45) is 0 Å². The number of benzene rings is 1. The molecule has 1 saturated heterocycles. The molecule has 1 aliphatic rings. The Morgan fingerprint density at radius 2 is 2.41 bits per heavy atom. The quantitative estimate of drug-likeness (QED) is 0.900. The molecular formula is C12H15FO3S. The van der Waals surface area contributed by atoms with Crippen LogP contribution in [0.25, 0.3) is 0 Å². The van der Waals surface area contributed by atoms with E-state index in [4.69, 9.17) is 9.47 Å². The Labute approximate surface area is 104 Å². The fourth-order valence-electron chi connectivity index (χ4n) is 1.82. The lowest BCUT2D eigenvalue weighted by molar-refractivity contribution is -0.0237. The van der Waals surface area contributed by atoms with Crippen molar-refractivity contribution in [3.8, 4) is 5.75 Å². The van der Waals surface area contributed by atoms with E-state index >= 15 is 0 Å². The smallest absolute Gasteiger partial charge is 0.124 e. The summed E-state index contributed by atoms with van der Waals surface area (Å²) in [6.45, 7) is 0.615. The van der Waals surface area contributed by atoms with Gasteiger partial charge >= 0.3 is 0 Å². The number of aliphatic hydroxyl groups is 1. The third-order valence-corrected chi connectivity index (χ3v) is 3.72. The number of hydrogen-bond acceptors (Lipinski definition) is 4. The highest BCUT2D eigenvalue weighted by Gasteiger charge is 2.27. The van der Waals surface area contributed by atoms with E-state index in [2.05, 4.69) is 0 Å². The highest BCUT2D eigenvalue weighted by Crippen LogP contribution is 2.31. The van der Waals surface area contributed by atoms with Gasteiger partial charge in [-0.1, -0.05) is 0 Å². The van der Waals surface area contributed by atoms with Gasteiger partial charge in [-0.05, 0) is 18.2 Å². The van der Waals surface area contributed by atoms with E-state index in [0.29, 0.717) is 23.7 Å². The fraction of sp³-hybridized carbons (Fsp3) is 0.500. The predicted octanol–water partition coefficient (Wildman–Crippen LogP) is 2.00. The van der Waals surface area contributed by atoms with Crippen molar-refractivity contribution in [3.05, 3.63) is 29.6 Å². The SMILES string of the molecule is COc1ccc(F)cc1C(O)C1CSCCO1. The molecule has 1 aliphatic heterocycles. The van der Waals surface area contributed by atoms with Crippen molar-refractivity contribution < 1.29 is 19.0 Å². The summed E-state index contributed by atoms with van der Waals surface area (Å²) in [5.41, 5.74) is 0.444. The number of halogens is 1. The number of ether oxygens (including phenoxy) is 2. The third-order valence-electron chi connectivity index (χ3n) is 2.70. The zero-order valence-electron chi connectivity index (χ0n) is 9.56. The van der Waals surface area contributed by atoms with Gasteiger partial charge in [0.15, 0.2) is 0 Å². The Kier molecular flexibility index (Phi) is 4.25. The van der Waals surface area contributed by atoms with Crippen LogP contribution < -0.4 is 4.74 Å². The normalized spacial score (nSPS) is 22.2. The molecule has 0 aliphatic carbocycles. The molecule has 3 nitrogen and oxygen atoms in total. The Morgan fingerprint density at radius 1 is 1.59 bits per heavy atom. The Balaban J connectivity index is 2.21. The average Bonchev–Trinajstić information content (AvgIpc) is 2.39. The fourth-order valence-corrected chi connectivity index (χ4v) is 2.72. The topological polar surface area (TPSA) is 38.7 Å². The van der Waals surface area contributed by atoms with E-state index in [-0.39, 0.29) is 11.9 Å². The lowest BCUT2D eigenvalue weighted by Gasteiger charge is -2.27. The molecule has 17 heavy (non-hydrogen) atoms. The molecule has 0 saturated carbocycles. The standard InChI is InChI=1S/C12H15FO3S/c1-15-10-3-2-8(13)6-9(10)12(14)11-7-17-5-4-16-11/h2-3,6,11-12,14H,4-5,7H2,1H3. The molecule has 2 atom stereocenters. The van der Waals surface area contributed by atoms with Gasteiger partial charge in [-0.25, -0.2) is 4.39 Å². The lowest BCUT2D eigenvalue weighted by atomic mass is 10.0. The largest absolute Gasteiger partial charge is 0.496 e. The minimum atomic E-state index is -0.853. The van der Waals surface area contributed by atoms with Crippen molar-refractivity contribution in [1.29, 1.82) is 0 Å². The van der Waals surface area contributed by atoms with Crippen LogP contribution in [0.1, 0.15) is 11.7 Å². The van der Waals surface area contributed by atoms with Gasteiger partial charge in [-0.2, -0.15) is 11.8 Å². The maximum absolute atomic E-state index is 13.2. The highest BCUT2D eigenvalue weighted by atomic mass is 32.2. The monoisotopic (exact) mass is 258 g/mol. The summed E-state index contributed by atoms with van der Waals surface area (Å²) in [7, 11) is 1.50. The van der Waals surface area contributed by atoms with E-state index in [0.717, 1.165) is 5.75 Å².